The molecule has 0 fully saturated rings. The van der Waals surface area contributed by atoms with Crippen LogP contribution in [0.15, 0.2) is 24.3 Å². The van der Waals surface area contributed by atoms with Crippen molar-refractivity contribution in [3.8, 4) is 0 Å². The van der Waals surface area contributed by atoms with E-state index in [0.717, 1.165) is 12.8 Å². The monoisotopic (exact) mass is 299 g/mol. The van der Waals surface area contributed by atoms with Gasteiger partial charge in [0.15, 0.2) is 0 Å². The van der Waals surface area contributed by atoms with Crippen LogP contribution in [0, 0.1) is 0 Å². The van der Waals surface area contributed by atoms with Crippen molar-refractivity contribution in [2.24, 2.45) is 5.73 Å². The van der Waals surface area contributed by atoms with E-state index in [4.69, 9.17) is 5.73 Å². The van der Waals surface area contributed by atoms with Gasteiger partial charge in [0, 0.05) is 5.54 Å². The molecule has 7 heteroatoms. The van der Waals surface area contributed by atoms with Crippen molar-refractivity contribution < 1.29 is 73.5 Å². The van der Waals surface area contributed by atoms with Crippen LogP contribution in [0.2, 0.25) is 0 Å². The van der Waals surface area contributed by atoms with Gasteiger partial charge in [0.1, 0.15) is 0 Å². The Bertz CT molecular complexity index is 466. The Morgan fingerprint density at radius 2 is 1.79 bits per heavy atom. The van der Waals surface area contributed by atoms with Crippen molar-refractivity contribution in [2.45, 2.75) is 31.2 Å². The Balaban J connectivity index is 0.00000162. The Kier molecular flexibility index (Phi) is 8.66. The fourth-order valence-electron chi connectivity index (χ4n) is 2.40. The van der Waals surface area contributed by atoms with E-state index in [1.54, 1.807) is 0 Å². The summed E-state index contributed by atoms with van der Waals surface area (Å²) in [5.74, 6) is 0. The van der Waals surface area contributed by atoms with Gasteiger partial charge in [-0.2, -0.15) is 0 Å². The number of benzene rings is 1. The Labute approximate surface area is 158 Å². The summed E-state index contributed by atoms with van der Waals surface area (Å²) in [7, 11) is -4.44. The van der Waals surface area contributed by atoms with Crippen LogP contribution in [0.1, 0.15) is 24.0 Å². The molecule has 0 saturated carbocycles. The second-order valence-electron chi connectivity index (χ2n) is 4.89. The summed E-state index contributed by atoms with van der Waals surface area (Å²) in [5.41, 5.74) is 8.09. The predicted octanol–water partition coefficient (Wildman–Crippen LogP) is -5.82. The third kappa shape index (κ3) is 6.31. The largest absolute Gasteiger partial charge is 1.00 e. The summed E-state index contributed by atoms with van der Waals surface area (Å²) < 4.78 is 10.7. The molecule has 1 aromatic rings. The van der Waals surface area contributed by atoms with Gasteiger partial charge in [-0.25, -0.2) is 0 Å². The maximum atomic E-state index is 10.7. The minimum Gasteiger partial charge on any atom is -0.811 e. The van der Waals surface area contributed by atoms with Crippen LogP contribution < -0.4 is 74.6 Å². The van der Waals surface area contributed by atoms with Gasteiger partial charge in [-0.05, 0) is 43.0 Å². The molecule has 0 bridgehead atoms. The zero-order chi connectivity index (χ0) is 12.5. The molecule has 0 radical (unpaired) electrons. The van der Waals surface area contributed by atoms with E-state index in [1.165, 1.54) is 11.1 Å². The Morgan fingerprint density at radius 1 is 1.21 bits per heavy atom. The normalized spacial score (nSPS) is 21.8. The molecule has 4 nitrogen and oxygen atoms in total. The van der Waals surface area contributed by atoms with Crippen LogP contribution in [-0.2, 0) is 17.4 Å². The Morgan fingerprint density at radius 3 is 2.37 bits per heavy atom. The van der Waals surface area contributed by atoms with Crippen LogP contribution in [0.4, 0.5) is 0 Å². The minimum atomic E-state index is -4.44. The number of fused-ring (bicyclic) bond motifs is 1. The van der Waals surface area contributed by atoms with E-state index in [1.807, 2.05) is 18.2 Å². The summed E-state index contributed by atoms with van der Waals surface area (Å²) in [6, 6.07) is 8.04. The fourth-order valence-corrected chi connectivity index (χ4v) is 3.12. The number of hydrogen-bond donors (Lipinski definition) is 1. The van der Waals surface area contributed by atoms with E-state index >= 15 is 0 Å². The van der Waals surface area contributed by atoms with Crippen LogP contribution in [0.25, 0.3) is 0 Å². The first-order valence-electron chi connectivity index (χ1n) is 5.75. The van der Waals surface area contributed by atoms with Gasteiger partial charge in [0.2, 0.25) is 0 Å². The molecule has 94 valence electrons. The van der Waals surface area contributed by atoms with E-state index in [0.29, 0.717) is 6.42 Å². The number of nitrogens with two attached hydrogens (primary N) is 1. The molecule has 0 amide bonds. The van der Waals surface area contributed by atoms with E-state index < -0.39 is 13.1 Å². The molecule has 2 rings (SSSR count). The van der Waals surface area contributed by atoms with Crippen molar-refractivity contribution in [1.82, 2.24) is 0 Å². The summed E-state index contributed by atoms with van der Waals surface area (Å²) in [5, 5.41) is 0. The second kappa shape index (κ2) is 8.09. The number of hydrogen-bond acceptors (Lipinski definition) is 4. The molecule has 0 heterocycles. The zero-order valence-electron chi connectivity index (χ0n) is 11.6. The van der Waals surface area contributed by atoms with Gasteiger partial charge < -0.3 is 20.1 Å². The van der Waals surface area contributed by atoms with Crippen molar-refractivity contribution in [1.29, 1.82) is 0 Å². The van der Waals surface area contributed by atoms with E-state index in [9.17, 15) is 14.4 Å². The topological polar surface area (TPSA) is 89.2 Å². The van der Waals surface area contributed by atoms with Gasteiger partial charge in [-0.3, -0.25) is 0 Å². The summed E-state index contributed by atoms with van der Waals surface area (Å²) in [4.78, 5) is 21.4. The first kappa shape index (κ1) is 20.3. The quantitative estimate of drug-likeness (QED) is 0.445. The van der Waals surface area contributed by atoms with Crippen molar-refractivity contribution >= 4 is 7.60 Å². The first-order chi connectivity index (χ1) is 7.88. The maximum absolute atomic E-state index is 10.7. The number of rotatable bonds is 3. The van der Waals surface area contributed by atoms with Gasteiger partial charge in [-0.1, -0.05) is 31.9 Å². The maximum Gasteiger partial charge on any atom is 1.00 e. The molecule has 1 aliphatic carbocycles. The van der Waals surface area contributed by atoms with E-state index in [2.05, 4.69) is 6.07 Å². The minimum absolute atomic E-state index is 0. The Hall–Kier alpha value is 1.33. The second-order valence-corrected chi connectivity index (χ2v) is 6.56. The smallest absolute Gasteiger partial charge is 0.811 e. The fraction of sp³-hybridized carbons (Fsp3) is 0.500. The zero-order valence-corrected chi connectivity index (χ0v) is 16.5. The third-order valence-electron chi connectivity index (χ3n) is 3.44. The molecule has 1 unspecified atom stereocenters. The summed E-state index contributed by atoms with van der Waals surface area (Å²) in [6.45, 7) is 0. The van der Waals surface area contributed by atoms with Crippen molar-refractivity contribution in [3.63, 3.8) is 0 Å². The predicted molar refractivity (Wildman–Crippen MR) is 62.5 cm³/mol. The molecule has 0 aromatic heterocycles. The van der Waals surface area contributed by atoms with Crippen LogP contribution in [0.5, 0.6) is 0 Å². The molecule has 19 heavy (non-hydrogen) atoms. The van der Waals surface area contributed by atoms with E-state index in [-0.39, 0.29) is 71.7 Å². The average Bonchev–Trinajstić information content (AvgIpc) is 2.26. The van der Waals surface area contributed by atoms with Crippen molar-refractivity contribution in [3.05, 3.63) is 35.4 Å². The van der Waals surface area contributed by atoms with Gasteiger partial charge in [-0.15, -0.1) is 0 Å². The molecule has 0 spiro atoms. The molecular formula is C12H16NNa2O3P. The molecule has 1 aliphatic rings. The number of aryl methyl sites for hydroxylation is 1. The standard InChI is InChI=1S/C12H18NO3P.2Na/c13-12(7-8-17(14,15)16)6-5-10-3-1-2-4-11(10)9-12;;/h1-4H,5-9,13H2,(H2,14,15,16);;/q;2*+1/p-2. The van der Waals surface area contributed by atoms with Gasteiger partial charge in [0.25, 0.3) is 0 Å². The van der Waals surface area contributed by atoms with Crippen LogP contribution in [-0.4, -0.2) is 11.7 Å². The molecule has 0 aliphatic heterocycles. The molecular weight excluding hydrogens is 283 g/mol. The van der Waals surface area contributed by atoms with Gasteiger partial charge >= 0.3 is 59.1 Å². The molecule has 2 N–H and O–H groups in total. The molecule has 1 aromatic carbocycles. The van der Waals surface area contributed by atoms with Crippen molar-refractivity contribution in [2.75, 3.05) is 6.16 Å². The average molecular weight is 299 g/mol. The molecule has 1 atom stereocenters. The first-order valence-corrected chi connectivity index (χ1v) is 7.48. The summed E-state index contributed by atoms with van der Waals surface area (Å²) >= 11 is 0. The summed E-state index contributed by atoms with van der Waals surface area (Å²) in [6.07, 6.45) is 2.17. The van der Waals surface area contributed by atoms with Gasteiger partial charge in [0.05, 0.1) is 0 Å². The SMILES string of the molecule is NC1(CCP(=O)([O-])[O-])CCc2ccccc2C1.[Na+].[Na+]. The van der Waals surface area contributed by atoms with Crippen LogP contribution >= 0.6 is 7.60 Å². The molecule has 0 saturated heterocycles. The third-order valence-corrected chi connectivity index (χ3v) is 4.21. The van der Waals surface area contributed by atoms with Crippen LogP contribution in [0.3, 0.4) is 0 Å².